The van der Waals surface area contributed by atoms with Crippen LogP contribution in [0.5, 0.6) is 0 Å². The van der Waals surface area contributed by atoms with Crippen LogP contribution >= 0.6 is 24.0 Å². The van der Waals surface area contributed by atoms with Gasteiger partial charge in [0.2, 0.25) is 0 Å². The molecule has 1 fully saturated rings. The third-order valence-electron chi connectivity index (χ3n) is 4.70. The SMILES string of the molecule is CN1CCCc2cc(/C=C3\SC(=S)N(NC(=O)c4ccncc4)C3=O)ccc21. The molecule has 2 amide bonds. The van der Waals surface area contributed by atoms with E-state index in [1.807, 2.05) is 12.1 Å². The molecule has 1 N–H and O–H groups in total. The monoisotopic (exact) mass is 410 g/mol. The van der Waals surface area contributed by atoms with Crippen molar-refractivity contribution >= 4 is 51.9 Å². The third kappa shape index (κ3) is 3.65. The standard InChI is InChI=1S/C20H18N4O2S2/c1-23-10-2-3-15-11-13(4-5-16(15)23)12-17-19(26)24(20(27)28-17)22-18(25)14-6-8-21-9-7-14/h4-9,11-12H,2-3,10H2,1H3,(H,22,25)/b17-12-. The number of pyridine rings is 1. The highest BCUT2D eigenvalue weighted by Crippen LogP contribution is 2.33. The Morgan fingerprint density at radius 3 is 2.86 bits per heavy atom. The van der Waals surface area contributed by atoms with Crippen LogP contribution < -0.4 is 10.3 Å². The quantitative estimate of drug-likeness (QED) is 0.620. The highest BCUT2D eigenvalue weighted by atomic mass is 32.2. The fraction of sp³-hybridized carbons (Fsp3) is 0.200. The molecule has 0 aliphatic carbocycles. The summed E-state index contributed by atoms with van der Waals surface area (Å²) >= 11 is 6.47. The Bertz CT molecular complexity index is 991. The summed E-state index contributed by atoms with van der Waals surface area (Å²) in [5, 5.41) is 1.13. The maximum absolute atomic E-state index is 12.7. The van der Waals surface area contributed by atoms with Crippen molar-refractivity contribution in [2.75, 3.05) is 18.5 Å². The summed E-state index contributed by atoms with van der Waals surface area (Å²) in [5.74, 6) is -0.732. The summed E-state index contributed by atoms with van der Waals surface area (Å²) in [6.07, 6.45) is 7.02. The number of benzene rings is 1. The van der Waals surface area contributed by atoms with Gasteiger partial charge in [-0.1, -0.05) is 17.8 Å². The van der Waals surface area contributed by atoms with Gasteiger partial charge in [-0.05, 0) is 66.5 Å². The van der Waals surface area contributed by atoms with Gasteiger partial charge in [0, 0.05) is 37.2 Å². The molecule has 0 bridgehead atoms. The number of hydrogen-bond donors (Lipinski definition) is 1. The molecule has 142 valence electrons. The van der Waals surface area contributed by atoms with Crippen molar-refractivity contribution in [3.8, 4) is 0 Å². The van der Waals surface area contributed by atoms with Gasteiger partial charge < -0.3 is 4.90 Å². The lowest BCUT2D eigenvalue weighted by Gasteiger charge is -2.27. The number of nitrogens with one attached hydrogen (secondary N) is 1. The Morgan fingerprint density at radius 2 is 2.07 bits per heavy atom. The van der Waals surface area contributed by atoms with E-state index >= 15 is 0 Å². The lowest BCUT2D eigenvalue weighted by atomic mass is 9.99. The zero-order chi connectivity index (χ0) is 19.7. The first-order chi connectivity index (χ1) is 13.5. The van der Waals surface area contributed by atoms with Crippen molar-refractivity contribution in [2.24, 2.45) is 0 Å². The molecule has 6 nitrogen and oxygen atoms in total. The highest BCUT2D eigenvalue weighted by Gasteiger charge is 2.33. The molecule has 0 radical (unpaired) electrons. The number of hydrogen-bond acceptors (Lipinski definition) is 6. The molecule has 0 unspecified atom stereocenters. The van der Waals surface area contributed by atoms with Crippen molar-refractivity contribution in [3.63, 3.8) is 0 Å². The minimum absolute atomic E-state index is 0.302. The predicted molar refractivity (Wildman–Crippen MR) is 115 cm³/mol. The summed E-state index contributed by atoms with van der Waals surface area (Å²) in [6.45, 7) is 1.06. The van der Waals surface area contributed by atoms with Gasteiger partial charge in [0.05, 0.1) is 4.91 Å². The molecule has 3 heterocycles. The highest BCUT2D eigenvalue weighted by molar-refractivity contribution is 8.26. The Morgan fingerprint density at radius 1 is 1.29 bits per heavy atom. The van der Waals surface area contributed by atoms with E-state index in [0.717, 1.165) is 30.0 Å². The summed E-state index contributed by atoms with van der Waals surface area (Å²) in [5.41, 5.74) is 6.45. The summed E-state index contributed by atoms with van der Waals surface area (Å²) < 4.78 is 0.302. The van der Waals surface area contributed by atoms with Gasteiger partial charge in [-0.15, -0.1) is 0 Å². The van der Waals surface area contributed by atoms with Crippen LogP contribution in [0.4, 0.5) is 5.69 Å². The van der Waals surface area contributed by atoms with Crippen LogP contribution in [0, 0.1) is 0 Å². The summed E-state index contributed by atoms with van der Waals surface area (Å²) in [6, 6.07) is 9.36. The average molecular weight is 411 g/mol. The topological polar surface area (TPSA) is 65.5 Å². The lowest BCUT2D eigenvalue weighted by molar-refractivity contribution is -0.123. The zero-order valence-electron chi connectivity index (χ0n) is 15.2. The van der Waals surface area contributed by atoms with E-state index in [4.69, 9.17) is 12.2 Å². The van der Waals surface area contributed by atoms with E-state index in [-0.39, 0.29) is 5.91 Å². The maximum Gasteiger partial charge on any atom is 0.285 e. The molecular weight excluding hydrogens is 392 g/mol. The first kappa shape index (κ1) is 18.6. The van der Waals surface area contributed by atoms with Crippen molar-refractivity contribution in [1.29, 1.82) is 0 Å². The number of nitrogens with zero attached hydrogens (tertiary/aromatic N) is 3. The van der Waals surface area contributed by atoms with Crippen molar-refractivity contribution in [1.82, 2.24) is 15.4 Å². The van der Waals surface area contributed by atoms with E-state index in [2.05, 4.69) is 34.5 Å². The Kier molecular flexibility index (Phi) is 5.15. The lowest BCUT2D eigenvalue weighted by Crippen LogP contribution is -2.44. The van der Waals surface area contributed by atoms with E-state index < -0.39 is 5.91 Å². The molecule has 0 saturated carbocycles. The van der Waals surface area contributed by atoms with Crippen LogP contribution in [0.3, 0.4) is 0 Å². The van der Waals surface area contributed by atoms with Gasteiger partial charge in [0.15, 0.2) is 4.32 Å². The second kappa shape index (κ2) is 7.73. The van der Waals surface area contributed by atoms with E-state index in [1.165, 1.54) is 35.4 Å². The number of fused-ring (bicyclic) bond motifs is 1. The van der Waals surface area contributed by atoms with Crippen molar-refractivity contribution in [3.05, 3.63) is 64.3 Å². The van der Waals surface area contributed by atoms with Gasteiger partial charge in [-0.2, -0.15) is 5.01 Å². The predicted octanol–water partition coefficient (Wildman–Crippen LogP) is 3.01. The first-order valence-electron chi connectivity index (χ1n) is 8.86. The largest absolute Gasteiger partial charge is 0.374 e. The molecule has 4 rings (SSSR count). The molecule has 1 aromatic heterocycles. The number of hydrazine groups is 1. The van der Waals surface area contributed by atoms with Crippen LogP contribution in [-0.4, -0.2) is 39.7 Å². The van der Waals surface area contributed by atoms with Crippen molar-refractivity contribution in [2.45, 2.75) is 12.8 Å². The number of carbonyl (C=O) groups is 2. The number of carbonyl (C=O) groups excluding carboxylic acids is 2. The number of thiocarbonyl (C=S) groups is 1. The van der Waals surface area contributed by atoms with Gasteiger partial charge >= 0.3 is 0 Å². The van der Waals surface area contributed by atoms with Crippen LogP contribution in [-0.2, 0) is 11.2 Å². The van der Waals surface area contributed by atoms with Crippen LogP contribution in [0.2, 0.25) is 0 Å². The number of thioether (sulfide) groups is 1. The van der Waals surface area contributed by atoms with Crippen LogP contribution in [0.1, 0.15) is 27.9 Å². The number of amides is 2. The van der Waals surface area contributed by atoms with E-state index in [0.29, 0.717) is 14.8 Å². The van der Waals surface area contributed by atoms with Gasteiger partial charge in [-0.25, -0.2) is 0 Å². The second-order valence-corrected chi connectivity index (χ2v) is 8.28. The van der Waals surface area contributed by atoms with Gasteiger partial charge in [0.25, 0.3) is 11.8 Å². The molecule has 2 aromatic rings. The van der Waals surface area contributed by atoms with Crippen LogP contribution in [0.25, 0.3) is 6.08 Å². The number of aryl methyl sites for hydroxylation is 1. The average Bonchev–Trinajstić information content (AvgIpc) is 2.96. The number of rotatable bonds is 3. The molecule has 0 atom stereocenters. The van der Waals surface area contributed by atoms with E-state index in [1.54, 1.807) is 12.1 Å². The number of anilines is 1. The minimum Gasteiger partial charge on any atom is -0.374 e. The Hall–Kier alpha value is -2.71. The normalized spacial score (nSPS) is 17.8. The Balaban J connectivity index is 1.53. The second-order valence-electron chi connectivity index (χ2n) is 6.61. The maximum atomic E-state index is 12.7. The molecule has 8 heteroatoms. The molecule has 1 aromatic carbocycles. The third-order valence-corrected chi connectivity index (χ3v) is 6.00. The fourth-order valence-corrected chi connectivity index (χ4v) is 4.46. The van der Waals surface area contributed by atoms with Gasteiger partial charge in [-0.3, -0.25) is 20.0 Å². The minimum atomic E-state index is -0.406. The first-order valence-corrected chi connectivity index (χ1v) is 10.1. The summed E-state index contributed by atoms with van der Waals surface area (Å²) in [4.78, 5) is 31.7. The molecule has 28 heavy (non-hydrogen) atoms. The Labute approximate surface area is 172 Å². The molecular formula is C20H18N4O2S2. The molecule has 2 aliphatic heterocycles. The van der Waals surface area contributed by atoms with E-state index in [9.17, 15) is 9.59 Å². The van der Waals surface area contributed by atoms with Crippen LogP contribution in [0.15, 0.2) is 47.6 Å². The van der Waals surface area contributed by atoms with Gasteiger partial charge in [0.1, 0.15) is 0 Å². The number of aromatic nitrogens is 1. The molecule has 1 saturated heterocycles. The molecule has 2 aliphatic rings. The fourth-order valence-electron chi connectivity index (χ4n) is 3.28. The zero-order valence-corrected chi connectivity index (χ0v) is 16.8. The smallest absolute Gasteiger partial charge is 0.285 e. The summed E-state index contributed by atoms with van der Waals surface area (Å²) in [7, 11) is 2.09. The van der Waals surface area contributed by atoms with Crippen molar-refractivity contribution < 1.29 is 9.59 Å². The molecule has 0 spiro atoms.